The summed E-state index contributed by atoms with van der Waals surface area (Å²) in [5, 5.41) is 21.3. The number of halogens is 2. The lowest BCUT2D eigenvalue weighted by Crippen LogP contribution is -2.55. The summed E-state index contributed by atoms with van der Waals surface area (Å²) < 4.78 is 14.3. The third kappa shape index (κ3) is 5.33. The van der Waals surface area contributed by atoms with Crippen molar-refractivity contribution in [2.75, 3.05) is 5.32 Å². The number of rotatable bonds is 6. The Hall–Kier alpha value is -2.33. The number of hydrogen-bond donors (Lipinski definition) is 2. The van der Waals surface area contributed by atoms with E-state index in [4.69, 9.17) is 16.9 Å². The van der Waals surface area contributed by atoms with Crippen LogP contribution in [0.15, 0.2) is 18.2 Å². The van der Waals surface area contributed by atoms with Gasteiger partial charge in [-0.1, -0.05) is 17.2 Å². The Bertz CT molecular complexity index is 740. The number of anilines is 1. The molecule has 2 N–H and O–H groups in total. The number of hydrogen-bond acceptors (Lipinski definition) is 4. The van der Waals surface area contributed by atoms with Crippen LogP contribution in [0.2, 0.25) is 5.15 Å². The van der Waals surface area contributed by atoms with E-state index in [1.807, 2.05) is 0 Å². The predicted molar refractivity (Wildman–Crippen MR) is 99.8 cm³/mol. The smallest absolute Gasteiger partial charge is 0.408 e. The Morgan fingerprint density at radius 3 is 2.58 bits per heavy atom. The highest BCUT2D eigenvalue weighted by Gasteiger charge is 2.35. The predicted octanol–water partition coefficient (Wildman–Crippen LogP) is 4.66. The third-order valence-corrected chi connectivity index (χ3v) is 4.15. The van der Waals surface area contributed by atoms with Gasteiger partial charge in [0.1, 0.15) is 11.2 Å². The second-order valence-corrected chi connectivity index (χ2v) is 7.60. The van der Waals surface area contributed by atoms with Crippen LogP contribution < -0.4 is 5.32 Å². The van der Waals surface area contributed by atoms with Crippen molar-refractivity contribution in [1.29, 1.82) is 5.26 Å². The molecule has 0 saturated heterocycles. The van der Waals surface area contributed by atoms with Crippen LogP contribution in [-0.4, -0.2) is 38.7 Å². The molecule has 1 rings (SSSR count). The standard InChI is InChI=1S/C18H24ClFN4O2/c1-10(2)7-14(11(3)24(17(25)26)18(4,5)6)22-16-13(20)8-12(9-21)15(19)23-16/h8,11,14H,1,7H2,2-6H3,(H,22,23)(H,25,26)/t11-,14+/m0/s1. The Morgan fingerprint density at radius 1 is 1.58 bits per heavy atom. The normalized spacial score (nSPS) is 13.5. The van der Waals surface area contributed by atoms with E-state index < -0.39 is 29.5 Å². The molecule has 6 nitrogen and oxygen atoms in total. The maximum absolute atomic E-state index is 14.3. The van der Waals surface area contributed by atoms with Crippen LogP contribution >= 0.6 is 11.6 Å². The van der Waals surface area contributed by atoms with Crippen LogP contribution in [0.1, 0.15) is 46.6 Å². The number of nitrogens with zero attached hydrogens (tertiary/aromatic N) is 3. The molecule has 0 spiro atoms. The van der Waals surface area contributed by atoms with Crippen molar-refractivity contribution in [3.63, 3.8) is 0 Å². The minimum absolute atomic E-state index is 0.0685. The Balaban J connectivity index is 3.27. The molecule has 0 bridgehead atoms. The van der Waals surface area contributed by atoms with Crippen molar-refractivity contribution >= 4 is 23.5 Å². The number of nitrogens with one attached hydrogen (secondary N) is 1. The summed E-state index contributed by atoms with van der Waals surface area (Å²) in [5.41, 5.74) is 0.0731. The average molecular weight is 383 g/mol. The fourth-order valence-electron chi connectivity index (χ4n) is 2.79. The van der Waals surface area contributed by atoms with Gasteiger partial charge >= 0.3 is 6.09 Å². The van der Waals surface area contributed by atoms with Gasteiger partial charge in [-0.15, -0.1) is 6.58 Å². The summed E-state index contributed by atoms with van der Waals surface area (Å²) in [7, 11) is 0. The van der Waals surface area contributed by atoms with Gasteiger partial charge in [-0.2, -0.15) is 5.26 Å². The van der Waals surface area contributed by atoms with Crippen LogP contribution in [0.3, 0.4) is 0 Å². The first-order valence-electron chi connectivity index (χ1n) is 8.07. The molecule has 0 aliphatic carbocycles. The maximum atomic E-state index is 14.3. The zero-order valence-electron chi connectivity index (χ0n) is 15.6. The summed E-state index contributed by atoms with van der Waals surface area (Å²) >= 11 is 5.89. The Labute approximate surface area is 158 Å². The number of nitriles is 1. The van der Waals surface area contributed by atoms with E-state index in [0.29, 0.717) is 6.42 Å². The molecule has 2 atom stereocenters. The second kappa shape index (κ2) is 8.37. The molecule has 0 unspecified atom stereocenters. The van der Waals surface area contributed by atoms with Crippen LogP contribution in [0, 0.1) is 17.1 Å². The summed E-state index contributed by atoms with van der Waals surface area (Å²) in [4.78, 5) is 17.0. The average Bonchev–Trinajstić information content (AvgIpc) is 2.47. The summed E-state index contributed by atoms with van der Waals surface area (Å²) in [6.45, 7) is 12.8. The Morgan fingerprint density at radius 2 is 2.15 bits per heavy atom. The van der Waals surface area contributed by atoms with Gasteiger partial charge in [0.05, 0.1) is 17.6 Å². The first kappa shape index (κ1) is 21.7. The van der Waals surface area contributed by atoms with E-state index in [0.717, 1.165) is 11.6 Å². The number of carbonyl (C=O) groups is 1. The molecule has 0 aromatic carbocycles. The molecule has 1 heterocycles. The highest BCUT2D eigenvalue weighted by atomic mass is 35.5. The molecule has 8 heteroatoms. The van der Waals surface area contributed by atoms with E-state index in [-0.39, 0.29) is 16.5 Å². The van der Waals surface area contributed by atoms with Crippen LogP contribution in [0.4, 0.5) is 15.0 Å². The zero-order valence-corrected chi connectivity index (χ0v) is 16.4. The number of amides is 1. The molecular formula is C18H24ClFN4O2. The van der Waals surface area contributed by atoms with E-state index in [1.54, 1.807) is 40.7 Å². The van der Waals surface area contributed by atoms with Gasteiger partial charge in [-0.05, 0) is 47.1 Å². The molecule has 0 saturated carbocycles. The summed E-state index contributed by atoms with van der Waals surface area (Å²) in [6.07, 6.45) is -0.676. The highest BCUT2D eigenvalue weighted by Crippen LogP contribution is 2.26. The molecular weight excluding hydrogens is 359 g/mol. The maximum Gasteiger partial charge on any atom is 0.408 e. The fourth-order valence-corrected chi connectivity index (χ4v) is 2.97. The number of aromatic nitrogens is 1. The quantitative estimate of drug-likeness (QED) is 0.551. The van der Waals surface area contributed by atoms with E-state index >= 15 is 0 Å². The van der Waals surface area contributed by atoms with Crippen molar-refractivity contribution < 1.29 is 14.3 Å². The van der Waals surface area contributed by atoms with Gasteiger partial charge in [-0.25, -0.2) is 14.2 Å². The van der Waals surface area contributed by atoms with E-state index in [9.17, 15) is 14.3 Å². The van der Waals surface area contributed by atoms with Crippen LogP contribution in [0.5, 0.6) is 0 Å². The summed E-state index contributed by atoms with van der Waals surface area (Å²) in [6, 6.07) is 1.76. The summed E-state index contributed by atoms with van der Waals surface area (Å²) in [5.74, 6) is -0.867. The Kier molecular flexibility index (Phi) is 6.99. The minimum atomic E-state index is -1.08. The zero-order chi connectivity index (χ0) is 20.2. The first-order chi connectivity index (χ1) is 11.9. The largest absolute Gasteiger partial charge is 0.465 e. The SMILES string of the molecule is C=C(C)C[C@@H](Nc1nc(Cl)c(C#N)cc1F)[C@H](C)N(C(=O)O)C(C)(C)C. The highest BCUT2D eigenvalue weighted by molar-refractivity contribution is 6.30. The van der Waals surface area contributed by atoms with Crippen LogP contribution in [0.25, 0.3) is 0 Å². The van der Waals surface area contributed by atoms with Crippen LogP contribution in [-0.2, 0) is 0 Å². The third-order valence-electron chi connectivity index (χ3n) is 3.86. The van der Waals surface area contributed by atoms with Crippen molar-refractivity contribution in [3.8, 4) is 6.07 Å². The van der Waals surface area contributed by atoms with Gasteiger partial charge in [0.15, 0.2) is 11.6 Å². The first-order valence-corrected chi connectivity index (χ1v) is 8.45. The lowest BCUT2D eigenvalue weighted by atomic mass is 9.96. The molecule has 0 radical (unpaired) electrons. The van der Waals surface area contributed by atoms with Crippen molar-refractivity contribution in [3.05, 3.63) is 34.8 Å². The molecule has 0 aliphatic rings. The molecule has 26 heavy (non-hydrogen) atoms. The lowest BCUT2D eigenvalue weighted by Gasteiger charge is -2.42. The second-order valence-electron chi connectivity index (χ2n) is 7.25. The molecule has 1 aromatic heterocycles. The van der Waals surface area contributed by atoms with E-state index in [2.05, 4.69) is 16.9 Å². The molecule has 142 valence electrons. The fraction of sp³-hybridized carbons (Fsp3) is 0.500. The van der Waals surface area contributed by atoms with Crippen molar-refractivity contribution in [2.24, 2.45) is 0 Å². The van der Waals surface area contributed by atoms with E-state index in [1.165, 1.54) is 4.90 Å². The van der Waals surface area contributed by atoms with Gasteiger partial charge in [0.2, 0.25) is 0 Å². The number of carboxylic acid groups (broad SMARTS) is 1. The number of pyridine rings is 1. The van der Waals surface area contributed by atoms with Gasteiger partial charge < -0.3 is 10.4 Å². The van der Waals surface area contributed by atoms with Gasteiger partial charge in [0, 0.05) is 5.54 Å². The van der Waals surface area contributed by atoms with Crippen molar-refractivity contribution in [1.82, 2.24) is 9.88 Å². The van der Waals surface area contributed by atoms with Gasteiger partial charge in [-0.3, -0.25) is 4.90 Å². The minimum Gasteiger partial charge on any atom is -0.465 e. The van der Waals surface area contributed by atoms with Crippen molar-refractivity contribution in [2.45, 2.75) is 58.7 Å². The molecule has 0 fully saturated rings. The lowest BCUT2D eigenvalue weighted by molar-refractivity contribution is 0.0693. The monoisotopic (exact) mass is 382 g/mol. The molecule has 1 amide bonds. The molecule has 0 aliphatic heterocycles. The topological polar surface area (TPSA) is 89.3 Å². The molecule has 1 aromatic rings. The van der Waals surface area contributed by atoms with Gasteiger partial charge in [0.25, 0.3) is 0 Å².